The summed E-state index contributed by atoms with van der Waals surface area (Å²) in [5, 5.41) is 15.6. The molecule has 0 bridgehead atoms. The lowest BCUT2D eigenvalue weighted by Crippen LogP contribution is -2.44. The first-order valence-electron chi connectivity index (χ1n) is 21.4. The molecule has 4 fully saturated rings. The highest BCUT2D eigenvalue weighted by molar-refractivity contribution is 5.96. The highest BCUT2D eigenvalue weighted by atomic mass is 16.8. The summed E-state index contributed by atoms with van der Waals surface area (Å²) in [6.45, 7) is 8.75. The van der Waals surface area contributed by atoms with E-state index in [4.69, 9.17) is 28.4 Å². The molecule has 2 aromatic rings. The van der Waals surface area contributed by atoms with Crippen LogP contribution in [0.1, 0.15) is 111 Å². The highest BCUT2D eigenvalue weighted by Crippen LogP contribution is 2.59. The van der Waals surface area contributed by atoms with Gasteiger partial charge in [-0.05, 0) is 100 Å². The number of rotatable bonds is 16. The molecule has 2 aliphatic heterocycles. The molecule has 62 heavy (non-hydrogen) atoms. The third-order valence-corrected chi connectivity index (χ3v) is 11.6. The fourth-order valence-electron chi connectivity index (χ4n) is 8.04. The number of aliphatic hydroxyl groups is 1. The molecular formula is C47H56N2O13. The van der Waals surface area contributed by atoms with E-state index >= 15 is 0 Å². The lowest BCUT2D eigenvalue weighted by atomic mass is 9.90. The zero-order valence-electron chi connectivity index (χ0n) is 35.8. The van der Waals surface area contributed by atoms with Crippen LogP contribution in [0.3, 0.4) is 0 Å². The lowest BCUT2D eigenvalue weighted by molar-refractivity contribution is -0.209. The number of esters is 4. The molecule has 0 radical (unpaired) electrons. The van der Waals surface area contributed by atoms with Crippen molar-refractivity contribution in [3.8, 4) is 0 Å². The molecule has 2 saturated heterocycles. The molecular weight excluding hydrogens is 801 g/mol. The van der Waals surface area contributed by atoms with Crippen molar-refractivity contribution in [3.05, 3.63) is 88.5 Å². The van der Waals surface area contributed by atoms with Gasteiger partial charge in [0.25, 0.3) is 5.91 Å². The number of hydrogen-bond donors (Lipinski definition) is 3. The normalized spacial score (nSPS) is 24.3. The topological polar surface area (TPSA) is 202 Å². The molecule has 7 rings (SSSR count). The summed E-state index contributed by atoms with van der Waals surface area (Å²) >= 11 is 0. The van der Waals surface area contributed by atoms with Crippen LogP contribution in [0.15, 0.2) is 66.3 Å². The van der Waals surface area contributed by atoms with Gasteiger partial charge < -0.3 is 44.2 Å². The van der Waals surface area contributed by atoms with Gasteiger partial charge in [-0.15, -0.1) is 0 Å². The van der Waals surface area contributed by atoms with Crippen LogP contribution in [-0.2, 0) is 54.1 Å². The molecule has 0 spiro atoms. The first-order valence-corrected chi connectivity index (χ1v) is 21.4. The number of aliphatic hydroxyl groups excluding tert-OH is 1. The third-order valence-electron chi connectivity index (χ3n) is 11.6. The molecule has 15 heteroatoms. The second kappa shape index (κ2) is 18.1. The molecule has 0 aromatic heterocycles. The number of fused-ring (bicyclic) bond motifs is 1. The van der Waals surface area contributed by atoms with E-state index in [0.717, 1.165) is 25.7 Å². The lowest BCUT2D eigenvalue weighted by Gasteiger charge is -2.31. The largest absolute Gasteiger partial charge is 0.462 e. The van der Waals surface area contributed by atoms with Gasteiger partial charge in [-0.2, -0.15) is 0 Å². The Labute approximate surface area is 360 Å². The molecule has 5 atom stereocenters. The van der Waals surface area contributed by atoms with E-state index in [1.54, 1.807) is 89.2 Å². The Balaban J connectivity index is 0.977. The summed E-state index contributed by atoms with van der Waals surface area (Å²) in [7, 11) is 0. The van der Waals surface area contributed by atoms with Gasteiger partial charge in [0, 0.05) is 53.8 Å². The number of cyclic esters (lactones) is 1. The van der Waals surface area contributed by atoms with Crippen LogP contribution >= 0.6 is 0 Å². The van der Waals surface area contributed by atoms with Crippen molar-refractivity contribution in [3.63, 3.8) is 0 Å². The smallest absolute Gasteiger partial charge is 0.348 e. The quantitative estimate of drug-likeness (QED) is 0.117. The molecule has 0 unspecified atom stereocenters. The van der Waals surface area contributed by atoms with Gasteiger partial charge in [0.1, 0.15) is 30.5 Å². The predicted octanol–water partition coefficient (Wildman–Crippen LogP) is 4.88. The Kier molecular flexibility index (Phi) is 13.1. The van der Waals surface area contributed by atoms with Crippen LogP contribution in [-0.4, -0.2) is 95.9 Å². The van der Waals surface area contributed by atoms with E-state index in [0.29, 0.717) is 22.3 Å². The maximum absolute atomic E-state index is 13.8. The van der Waals surface area contributed by atoms with Crippen LogP contribution in [0.4, 0.5) is 0 Å². The number of amides is 2. The molecule has 3 N–H and O–H groups in total. The number of carbonyl (C=O) groups is 6. The van der Waals surface area contributed by atoms with Crippen molar-refractivity contribution in [1.82, 2.24) is 10.6 Å². The standard InChI is InChI=1S/C47H56N2O13/c1-45(2,3)61-38(52)20-18-34(25-50)49-42(54)30-8-6-7-28(21-30)24-48-41(53)31-22-35(39-36(23-31)60-47(62-39,32-14-15-32)33-16-17-33)58-43(55)29-12-9-27(10-13-29)11-19-37(51)59-40-44(56)57-26-46(40,4)5/h6-13,19,21,23,32-36,39-40,50H,14-18,20,22,24-26H2,1-5H3,(H,48,53)(H,49,54)/t34-,35+,36+,39-,40-/m0/s1. The third kappa shape index (κ3) is 10.8. The van der Waals surface area contributed by atoms with Gasteiger partial charge in [0.2, 0.25) is 12.0 Å². The van der Waals surface area contributed by atoms with Gasteiger partial charge in [-0.25, -0.2) is 14.4 Å². The molecule has 2 saturated carbocycles. The Morgan fingerprint density at radius 3 is 2.27 bits per heavy atom. The van der Waals surface area contributed by atoms with Gasteiger partial charge >= 0.3 is 23.9 Å². The molecule has 2 heterocycles. The van der Waals surface area contributed by atoms with E-state index in [1.807, 2.05) is 0 Å². The summed E-state index contributed by atoms with van der Waals surface area (Å²) in [5.74, 6) is -3.45. The second-order valence-corrected chi connectivity index (χ2v) is 18.5. The average molecular weight is 857 g/mol. The van der Waals surface area contributed by atoms with Crippen molar-refractivity contribution >= 4 is 41.8 Å². The molecule has 3 aliphatic carbocycles. The zero-order valence-corrected chi connectivity index (χ0v) is 35.8. The van der Waals surface area contributed by atoms with E-state index < -0.39 is 77.0 Å². The van der Waals surface area contributed by atoms with Gasteiger partial charge in [0.05, 0.1) is 18.2 Å². The van der Waals surface area contributed by atoms with Crippen molar-refractivity contribution in [2.24, 2.45) is 17.3 Å². The SMILES string of the molecule is CC(C)(C)OC(=O)CC[C@@H](CO)NC(=O)c1cccc(CNC(=O)C2=C[C@H]3OC(C4CC4)(C4CC4)O[C@H]3[C@H](OC(=O)c3ccc(C=CC(=O)O[C@H]4C(=O)OCC4(C)C)cc3)C2)c1. The minimum atomic E-state index is -0.999. The summed E-state index contributed by atoms with van der Waals surface area (Å²) < 4.78 is 35.2. The Hall–Kier alpha value is -5.38. The van der Waals surface area contributed by atoms with Crippen molar-refractivity contribution in [2.45, 2.75) is 128 Å². The van der Waals surface area contributed by atoms with Crippen LogP contribution < -0.4 is 10.6 Å². The number of hydrogen-bond acceptors (Lipinski definition) is 13. The van der Waals surface area contributed by atoms with Crippen LogP contribution in [0, 0.1) is 17.3 Å². The molecule has 15 nitrogen and oxygen atoms in total. The predicted molar refractivity (Wildman–Crippen MR) is 222 cm³/mol. The van der Waals surface area contributed by atoms with Gasteiger partial charge in [0.15, 0.2) is 5.79 Å². The minimum Gasteiger partial charge on any atom is -0.462 e. The maximum atomic E-state index is 13.8. The summed E-state index contributed by atoms with van der Waals surface area (Å²) in [4.78, 5) is 77.3. The number of nitrogens with one attached hydrogen (secondary N) is 2. The fraction of sp³-hybridized carbons (Fsp3) is 0.532. The van der Waals surface area contributed by atoms with E-state index in [1.165, 1.54) is 12.2 Å². The summed E-state index contributed by atoms with van der Waals surface area (Å²) in [6.07, 6.45) is 5.64. The molecule has 2 amide bonds. The first-order chi connectivity index (χ1) is 29.4. The van der Waals surface area contributed by atoms with Crippen molar-refractivity contribution < 1.29 is 62.3 Å². The monoisotopic (exact) mass is 856 g/mol. The van der Waals surface area contributed by atoms with Gasteiger partial charge in [-0.1, -0.05) is 38.1 Å². The number of benzene rings is 2. The summed E-state index contributed by atoms with van der Waals surface area (Å²) in [5.41, 5.74) is 0.923. The second-order valence-electron chi connectivity index (χ2n) is 18.5. The van der Waals surface area contributed by atoms with E-state index in [9.17, 15) is 33.9 Å². The number of carbonyl (C=O) groups excluding carboxylic acids is 6. The van der Waals surface area contributed by atoms with E-state index in [2.05, 4.69) is 10.6 Å². The van der Waals surface area contributed by atoms with Gasteiger partial charge in [-0.3, -0.25) is 14.4 Å². The Bertz CT molecular complexity index is 2100. The number of ether oxygens (including phenoxy) is 6. The zero-order chi connectivity index (χ0) is 44.4. The van der Waals surface area contributed by atoms with Crippen LogP contribution in [0.2, 0.25) is 0 Å². The maximum Gasteiger partial charge on any atom is 0.348 e. The Morgan fingerprint density at radius 2 is 1.65 bits per heavy atom. The van der Waals surface area contributed by atoms with Crippen LogP contribution in [0.5, 0.6) is 0 Å². The highest BCUT2D eigenvalue weighted by Gasteiger charge is 2.64. The minimum absolute atomic E-state index is 0.0276. The van der Waals surface area contributed by atoms with Crippen LogP contribution in [0.25, 0.3) is 6.08 Å². The average Bonchev–Trinajstić information content (AvgIpc) is 4.18. The molecule has 2 aromatic carbocycles. The molecule has 332 valence electrons. The fourth-order valence-corrected chi connectivity index (χ4v) is 8.04. The molecule has 5 aliphatic rings. The Morgan fingerprint density at radius 1 is 0.935 bits per heavy atom. The van der Waals surface area contributed by atoms with Crippen molar-refractivity contribution in [1.29, 1.82) is 0 Å². The van der Waals surface area contributed by atoms with Crippen molar-refractivity contribution in [2.75, 3.05) is 13.2 Å². The van der Waals surface area contributed by atoms with E-state index in [-0.39, 0.29) is 62.3 Å². The first kappa shape index (κ1) is 44.7. The summed E-state index contributed by atoms with van der Waals surface area (Å²) in [6, 6.07) is 12.5.